The van der Waals surface area contributed by atoms with Crippen molar-refractivity contribution in [3.8, 4) is 0 Å². The van der Waals surface area contributed by atoms with Crippen LogP contribution in [0.25, 0.3) is 0 Å². The van der Waals surface area contributed by atoms with Gasteiger partial charge in [0.25, 0.3) is 0 Å². The molecule has 3 atom stereocenters. The Bertz CT molecular complexity index is 108. The van der Waals surface area contributed by atoms with E-state index >= 15 is 0 Å². The van der Waals surface area contributed by atoms with E-state index in [0.717, 1.165) is 19.6 Å². The maximum Gasteiger partial charge on any atom is -0.00119 e. The molecule has 0 aliphatic carbocycles. The molecule has 0 rings (SSSR count). The number of rotatable bonds is 6. The van der Waals surface area contributed by atoms with Crippen LogP contribution in [0.15, 0.2) is 0 Å². The lowest BCUT2D eigenvalue weighted by atomic mass is 10.4. The molecular formula is C9H24N3P. The summed E-state index contributed by atoms with van der Waals surface area (Å²) in [5, 5.41) is 0. The zero-order valence-electron chi connectivity index (χ0n) is 9.03. The summed E-state index contributed by atoms with van der Waals surface area (Å²) >= 11 is 0. The van der Waals surface area contributed by atoms with Gasteiger partial charge in [-0.1, -0.05) is 28.7 Å². The minimum Gasteiger partial charge on any atom is -0.330 e. The molecule has 0 saturated heterocycles. The van der Waals surface area contributed by atoms with E-state index in [9.17, 15) is 0 Å². The third kappa shape index (κ3) is 3.90. The molecule has 80 valence electrons. The highest BCUT2D eigenvalue weighted by Gasteiger charge is 2.25. The average Bonchev–Trinajstić information content (AvgIpc) is 2.16. The molecule has 0 spiro atoms. The summed E-state index contributed by atoms with van der Waals surface area (Å²) in [4.78, 5) is 0. The van der Waals surface area contributed by atoms with Gasteiger partial charge >= 0.3 is 0 Å². The molecule has 0 fully saturated rings. The van der Waals surface area contributed by atoms with E-state index < -0.39 is 0 Å². The Hall–Kier alpha value is 0.310. The molecule has 0 heterocycles. The lowest BCUT2D eigenvalue weighted by Crippen LogP contribution is -2.31. The fraction of sp³-hybridized carbons (Fsp3) is 1.00. The number of nitrogens with two attached hydrogens (primary N) is 3. The summed E-state index contributed by atoms with van der Waals surface area (Å²) in [6.45, 7) is 8.89. The van der Waals surface area contributed by atoms with E-state index in [1.807, 2.05) is 0 Å². The predicted molar refractivity (Wildman–Crippen MR) is 62.5 cm³/mol. The van der Waals surface area contributed by atoms with Gasteiger partial charge in [0.15, 0.2) is 0 Å². The minimum absolute atomic E-state index is 0.120. The van der Waals surface area contributed by atoms with Crippen molar-refractivity contribution in [3.63, 3.8) is 0 Å². The highest BCUT2D eigenvalue weighted by Crippen LogP contribution is 2.49. The maximum atomic E-state index is 5.69. The Morgan fingerprint density at radius 3 is 1.15 bits per heavy atom. The van der Waals surface area contributed by atoms with Crippen LogP contribution in [0.5, 0.6) is 0 Å². The van der Waals surface area contributed by atoms with Crippen LogP contribution in [0.3, 0.4) is 0 Å². The summed E-state index contributed by atoms with van der Waals surface area (Å²) in [6, 6.07) is 0. The third-order valence-electron chi connectivity index (χ3n) is 2.55. The molecule has 0 aromatic rings. The van der Waals surface area contributed by atoms with Gasteiger partial charge in [-0.25, -0.2) is 0 Å². The molecule has 0 radical (unpaired) electrons. The molecule has 0 bridgehead atoms. The van der Waals surface area contributed by atoms with Crippen LogP contribution in [0.2, 0.25) is 0 Å². The molecule has 13 heavy (non-hydrogen) atoms. The quantitative estimate of drug-likeness (QED) is 0.553. The lowest BCUT2D eigenvalue weighted by Gasteiger charge is -2.33. The molecule has 0 aliphatic heterocycles. The predicted octanol–water partition coefficient (Wildman–Crippen LogP) is 0.510. The molecule has 3 unspecified atom stereocenters. The van der Waals surface area contributed by atoms with Crippen LogP contribution in [0.4, 0.5) is 0 Å². The summed E-state index contributed by atoms with van der Waals surface area (Å²) in [5.74, 6) is 0. The number of hydrogen-bond donors (Lipinski definition) is 3. The third-order valence-corrected chi connectivity index (χ3v) is 6.24. The Kier molecular flexibility index (Phi) is 6.88. The number of hydrogen-bond acceptors (Lipinski definition) is 3. The Morgan fingerprint density at radius 1 is 0.769 bits per heavy atom. The monoisotopic (exact) mass is 205 g/mol. The average molecular weight is 205 g/mol. The van der Waals surface area contributed by atoms with Gasteiger partial charge in [-0.3, -0.25) is 0 Å². The van der Waals surface area contributed by atoms with Crippen LogP contribution in [-0.4, -0.2) is 36.6 Å². The van der Waals surface area contributed by atoms with E-state index in [-0.39, 0.29) is 7.92 Å². The molecule has 0 saturated carbocycles. The molecule has 0 amide bonds. The van der Waals surface area contributed by atoms with Crippen molar-refractivity contribution >= 4 is 7.92 Å². The maximum absolute atomic E-state index is 5.69. The van der Waals surface area contributed by atoms with Crippen LogP contribution >= 0.6 is 7.92 Å². The highest BCUT2D eigenvalue weighted by atomic mass is 31.1. The molecule has 0 aromatic heterocycles. The highest BCUT2D eigenvalue weighted by molar-refractivity contribution is 7.60. The second kappa shape index (κ2) is 6.72. The largest absolute Gasteiger partial charge is 0.330 e. The SMILES string of the molecule is CC(CN)P(C(C)CN)C(C)CN. The Morgan fingerprint density at radius 2 is 1.00 bits per heavy atom. The first-order valence-electron chi connectivity index (χ1n) is 4.96. The van der Waals surface area contributed by atoms with E-state index in [4.69, 9.17) is 17.2 Å². The first-order valence-corrected chi connectivity index (χ1v) is 6.51. The van der Waals surface area contributed by atoms with E-state index in [2.05, 4.69) is 20.8 Å². The van der Waals surface area contributed by atoms with Gasteiger partial charge in [-0.05, 0) is 36.6 Å². The summed E-state index contributed by atoms with van der Waals surface area (Å²) in [7, 11) is -0.120. The van der Waals surface area contributed by atoms with Crippen LogP contribution < -0.4 is 17.2 Å². The summed E-state index contributed by atoms with van der Waals surface area (Å²) in [5.41, 5.74) is 18.8. The Balaban J connectivity index is 4.34. The van der Waals surface area contributed by atoms with Gasteiger partial charge in [0.2, 0.25) is 0 Å². The standard InChI is InChI=1S/C9H24N3P/c1-7(4-10)13(8(2)5-11)9(3)6-12/h7-9H,4-6,10-12H2,1-3H3. The van der Waals surface area contributed by atoms with Gasteiger partial charge in [0, 0.05) is 0 Å². The van der Waals surface area contributed by atoms with E-state index in [0.29, 0.717) is 17.0 Å². The van der Waals surface area contributed by atoms with Crippen molar-refractivity contribution in [2.24, 2.45) is 17.2 Å². The van der Waals surface area contributed by atoms with Gasteiger partial charge in [-0.15, -0.1) is 0 Å². The van der Waals surface area contributed by atoms with Crippen molar-refractivity contribution in [1.82, 2.24) is 0 Å². The van der Waals surface area contributed by atoms with Crippen LogP contribution in [-0.2, 0) is 0 Å². The topological polar surface area (TPSA) is 78.1 Å². The lowest BCUT2D eigenvalue weighted by molar-refractivity contribution is 0.829. The molecule has 6 N–H and O–H groups in total. The first-order chi connectivity index (χ1) is 6.08. The van der Waals surface area contributed by atoms with Crippen LogP contribution in [0, 0.1) is 0 Å². The fourth-order valence-electron chi connectivity index (χ4n) is 1.67. The van der Waals surface area contributed by atoms with Gasteiger partial charge < -0.3 is 17.2 Å². The molecule has 3 nitrogen and oxygen atoms in total. The molecule has 4 heteroatoms. The van der Waals surface area contributed by atoms with E-state index in [1.54, 1.807) is 0 Å². The summed E-state index contributed by atoms with van der Waals surface area (Å²) in [6.07, 6.45) is 0. The molecular weight excluding hydrogens is 181 g/mol. The second-order valence-electron chi connectivity index (χ2n) is 3.70. The van der Waals surface area contributed by atoms with Crippen molar-refractivity contribution < 1.29 is 0 Å². The van der Waals surface area contributed by atoms with Crippen molar-refractivity contribution in [1.29, 1.82) is 0 Å². The van der Waals surface area contributed by atoms with Crippen molar-refractivity contribution in [2.75, 3.05) is 19.6 Å². The Labute approximate surface area is 83.2 Å². The fourth-order valence-corrected chi connectivity index (χ4v) is 5.01. The van der Waals surface area contributed by atoms with Crippen molar-refractivity contribution in [3.05, 3.63) is 0 Å². The second-order valence-corrected chi connectivity index (χ2v) is 7.24. The normalized spacial score (nSPS) is 20.8. The van der Waals surface area contributed by atoms with Crippen molar-refractivity contribution in [2.45, 2.75) is 37.7 Å². The molecule has 0 aliphatic rings. The smallest absolute Gasteiger partial charge is 0.00119 e. The van der Waals surface area contributed by atoms with E-state index in [1.165, 1.54) is 0 Å². The zero-order valence-corrected chi connectivity index (χ0v) is 9.93. The molecule has 0 aromatic carbocycles. The minimum atomic E-state index is -0.120. The van der Waals surface area contributed by atoms with Crippen LogP contribution in [0.1, 0.15) is 20.8 Å². The first kappa shape index (κ1) is 13.3. The summed E-state index contributed by atoms with van der Waals surface area (Å²) < 4.78 is 0. The van der Waals surface area contributed by atoms with Gasteiger partial charge in [0.05, 0.1) is 0 Å². The van der Waals surface area contributed by atoms with Gasteiger partial charge in [-0.2, -0.15) is 0 Å². The van der Waals surface area contributed by atoms with Gasteiger partial charge in [0.1, 0.15) is 0 Å². The zero-order chi connectivity index (χ0) is 10.4.